The van der Waals surface area contributed by atoms with E-state index < -0.39 is 11.2 Å². The largest absolute Gasteiger partial charge is 0.466 e. The van der Waals surface area contributed by atoms with Crippen LogP contribution in [-0.4, -0.2) is 15.5 Å². The first kappa shape index (κ1) is 16.3. The Morgan fingerprint density at radius 3 is 2.92 bits per heavy atom. The molecule has 2 aromatic heterocycles. The minimum Gasteiger partial charge on any atom is -0.466 e. The van der Waals surface area contributed by atoms with Crippen molar-refractivity contribution >= 4 is 5.91 Å². The lowest BCUT2D eigenvalue weighted by Gasteiger charge is -2.34. The third-order valence-electron chi connectivity index (χ3n) is 4.28. The lowest BCUT2D eigenvalue weighted by Crippen LogP contribution is -2.39. The van der Waals surface area contributed by atoms with Crippen molar-refractivity contribution in [1.29, 1.82) is 0 Å². The number of nitrogens with zero attached hydrogens (tertiary/aromatic N) is 1. The number of rotatable bonds is 3. The second kappa shape index (κ2) is 5.81. The molecule has 0 aromatic carbocycles. The van der Waals surface area contributed by atoms with E-state index >= 15 is 0 Å². The molecular formula is C17H21N3O4. The normalized spacial score (nSPS) is 18.9. The number of hydrogen-bond donors (Lipinski definition) is 2. The van der Waals surface area contributed by atoms with Gasteiger partial charge in [-0.25, -0.2) is 4.79 Å². The maximum absolute atomic E-state index is 12.4. The summed E-state index contributed by atoms with van der Waals surface area (Å²) in [5.41, 5.74) is -0.0518. The summed E-state index contributed by atoms with van der Waals surface area (Å²) >= 11 is 0. The molecule has 1 aliphatic carbocycles. The minimum absolute atomic E-state index is 0.0179. The molecule has 128 valence electrons. The fourth-order valence-corrected chi connectivity index (χ4v) is 3.28. The van der Waals surface area contributed by atoms with Gasteiger partial charge in [0.15, 0.2) is 0 Å². The number of carbonyl (C=O) groups excluding carboxylic acids is 1. The molecule has 2 N–H and O–H groups in total. The van der Waals surface area contributed by atoms with Gasteiger partial charge in [0.2, 0.25) is 5.91 Å². The molecule has 1 atom stereocenters. The highest BCUT2D eigenvalue weighted by Gasteiger charge is 2.35. The van der Waals surface area contributed by atoms with Crippen molar-refractivity contribution in [2.24, 2.45) is 5.41 Å². The Labute approximate surface area is 138 Å². The van der Waals surface area contributed by atoms with Gasteiger partial charge in [-0.2, -0.15) is 0 Å². The van der Waals surface area contributed by atoms with Crippen molar-refractivity contribution in [3.05, 3.63) is 56.3 Å². The molecule has 2 heterocycles. The Morgan fingerprint density at radius 2 is 2.21 bits per heavy atom. The lowest BCUT2D eigenvalue weighted by molar-refractivity contribution is -0.122. The van der Waals surface area contributed by atoms with E-state index in [0.29, 0.717) is 0 Å². The summed E-state index contributed by atoms with van der Waals surface area (Å²) < 4.78 is 6.93. The quantitative estimate of drug-likeness (QED) is 0.885. The van der Waals surface area contributed by atoms with Crippen molar-refractivity contribution in [3.8, 4) is 0 Å². The maximum atomic E-state index is 12.4. The van der Waals surface area contributed by atoms with Gasteiger partial charge in [-0.3, -0.25) is 19.1 Å². The van der Waals surface area contributed by atoms with E-state index in [1.54, 1.807) is 0 Å². The zero-order valence-electron chi connectivity index (χ0n) is 14.0. The van der Waals surface area contributed by atoms with E-state index in [1.165, 1.54) is 16.8 Å². The van der Waals surface area contributed by atoms with Gasteiger partial charge in [0, 0.05) is 24.2 Å². The number of fused-ring (bicyclic) bond motifs is 1. The van der Waals surface area contributed by atoms with Crippen LogP contribution in [-0.2, 0) is 17.8 Å². The van der Waals surface area contributed by atoms with Crippen molar-refractivity contribution < 1.29 is 9.21 Å². The van der Waals surface area contributed by atoms with E-state index in [-0.39, 0.29) is 23.9 Å². The van der Waals surface area contributed by atoms with E-state index in [9.17, 15) is 14.4 Å². The highest BCUT2D eigenvalue weighted by atomic mass is 16.3. The molecule has 3 rings (SSSR count). The smallest absolute Gasteiger partial charge is 0.328 e. The van der Waals surface area contributed by atoms with Gasteiger partial charge in [-0.05, 0) is 24.8 Å². The molecule has 2 aromatic rings. The predicted molar refractivity (Wildman–Crippen MR) is 87.8 cm³/mol. The van der Waals surface area contributed by atoms with Crippen molar-refractivity contribution in [2.75, 3.05) is 0 Å². The van der Waals surface area contributed by atoms with Crippen LogP contribution >= 0.6 is 0 Å². The monoisotopic (exact) mass is 331 g/mol. The van der Waals surface area contributed by atoms with Gasteiger partial charge >= 0.3 is 5.69 Å². The highest BCUT2D eigenvalue weighted by molar-refractivity contribution is 5.76. The number of carbonyl (C=O) groups is 1. The molecule has 1 aliphatic rings. The molecule has 0 radical (unpaired) electrons. The Bertz CT molecular complexity index is 888. The highest BCUT2D eigenvalue weighted by Crippen LogP contribution is 2.41. The van der Waals surface area contributed by atoms with Crippen LogP contribution < -0.4 is 16.6 Å². The molecule has 0 saturated carbocycles. The molecular weight excluding hydrogens is 310 g/mol. The van der Waals surface area contributed by atoms with Crippen LogP contribution in [0, 0.1) is 12.3 Å². The molecule has 0 bridgehead atoms. The van der Waals surface area contributed by atoms with Crippen molar-refractivity contribution in [2.45, 2.75) is 46.2 Å². The van der Waals surface area contributed by atoms with Crippen LogP contribution in [0.1, 0.15) is 43.4 Å². The Balaban J connectivity index is 1.78. The number of H-pyrrole nitrogens is 1. The first-order valence-corrected chi connectivity index (χ1v) is 7.92. The van der Waals surface area contributed by atoms with Gasteiger partial charge in [0.05, 0.1) is 6.04 Å². The summed E-state index contributed by atoms with van der Waals surface area (Å²) in [6, 6.07) is 3.03. The van der Waals surface area contributed by atoms with Crippen LogP contribution in [0.4, 0.5) is 0 Å². The number of aromatic amines is 1. The zero-order chi connectivity index (χ0) is 17.5. The summed E-state index contributed by atoms with van der Waals surface area (Å²) in [6.07, 6.45) is 2.95. The number of aromatic nitrogens is 2. The van der Waals surface area contributed by atoms with Crippen molar-refractivity contribution in [1.82, 2.24) is 14.9 Å². The Kier molecular flexibility index (Phi) is 3.95. The number of nitrogens with one attached hydrogen (secondary N) is 2. The average molecular weight is 331 g/mol. The van der Waals surface area contributed by atoms with Gasteiger partial charge in [0.25, 0.3) is 5.56 Å². The van der Waals surface area contributed by atoms with E-state index in [2.05, 4.69) is 24.1 Å². The molecule has 0 saturated heterocycles. The molecule has 0 spiro atoms. The molecule has 7 nitrogen and oxygen atoms in total. The number of amides is 1. The van der Waals surface area contributed by atoms with Gasteiger partial charge in [-0.15, -0.1) is 0 Å². The summed E-state index contributed by atoms with van der Waals surface area (Å²) in [5.74, 6) is 1.46. The predicted octanol–water partition coefficient (Wildman–Crippen LogP) is 1.27. The molecule has 1 amide bonds. The van der Waals surface area contributed by atoms with Crippen LogP contribution in [0.15, 0.2) is 32.3 Å². The number of aryl methyl sites for hydroxylation is 1. The van der Waals surface area contributed by atoms with Crippen LogP contribution in [0.5, 0.6) is 0 Å². The minimum atomic E-state index is -0.596. The number of furan rings is 1. The maximum Gasteiger partial charge on any atom is 0.328 e. The van der Waals surface area contributed by atoms with Gasteiger partial charge in [-0.1, -0.05) is 13.8 Å². The van der Waals surface area contributed by atoms with Gasteiger partial charge in [0.1, 0.15) is 18.1 Å². The van der Waals surface area contributed by atoms with Gasteiger partial charge < -0.3 is 9.73 Å². The van der Waals surface area contributed by atoms with Crippen LogP contribution in [0.2, 0.25) is 0 Å². The van der Waals surface area contributed by atoms with E-state index in [4.69, 9.17) is 4.42 Å². The first-order chi connectivity index (χ1) is 11.2. The van der Waals surface area contributed by atoms with Crippen LogP contribution in [0.25, 0.3) is 0 Å². The molecule has 0 fully saturated rings. The lowest BCUT2D eigenvalue weighted by atomic mass is 9.74. The van der Waals surface area contributed by atoms with E-state index in [1.807, 2.05) is 13.0 Å². The second-order valence-electron chi connectivity index (χ2n) is 7.14. The molecule has 0 aliphatic heterocycles. The zero-order valence-corrected chi connectivity index (χ0v) is 14.0. The fraction of sp³-hybridized carbons (Fsp3) is 0.471. The molecule has 7 heteroatoms. The molecule has 1 unspecified atom stereocenters. The third kappa shape index (κ3) is 3.34. The van der Waals surface area contributed by atoms with Crippen LogP contribution in [0.3, 0.4) is 0 Å². The Morgan fingerprint density at radius 1 is 1.46 bits per heavy atom. The summed E-state index contributed by atoms with van der Waals surface area (Å²) in [6.45, 7) is 6.03. The van der Waals surface area contributed by atoms with E-state index in [0.717, 1.165) is 29.9 Å². The molecule has 24 heavy (non-hydrogen) atoms. The van der Waals surface area contributed by atoms with Crippen molar-refractivity contribution in [3.63, 3.8) is 0 Å². The average Bonchev–Trinajstić information content (AvgIpc) is 2.81. The number of hydrogen-bond acceptors (Lipinski definition) is 4. The summed E-state index contributed by atoms with van der Waals surface area (Å²) in [4.78, 5) is 37.3. The summed E-state index contributed by atoms with van der Waals surface area (Å²) in [7, 11) is 0. The topological polar surface area (TPSA) is 97.1 Å². The fourth-order valence-electron chi connectivity index (χ4n) is 3.28. The third-order valence-corrected chi connectivity index (χ3v) is 4.28. The summed E-state index contributed by atoms with van der Waals surface area (Å²) in [5, 5.41) is 2.98. The SMILES string of the molecule is Cc1cc2c(o1)CC(C)(C)CC2NC(=O)Cn1ccc(=O)[nH]c1=O. The first-order valence-electron chi connectivity index (χ1n) is 7.92. The second-order valence-corrected chi connectivity index (χ2v) is 7.14. The standard InChI is InChI=1S/C17H21N3O4/c1-10-6-11-12(7-17(2,3)8-13(11)24-10)18-15(22)9-20-5-4-14(21)19-16(20)23/h4-6,12H,7-9H2,1-3H3,(H,18,22)(H,19,21,23). The Hall–Kier alpha value is -2.57.